The highest BCUT2D eigenvalue weighted by Gasteiger charge is 2.36. The van der Waals surface area contributed by atoms with Gasteiger partial charge in [0.05, 0.1) is 5.25 Å². The molecule has 2 saturated carbocycles. The zero-order valence-corrected chi connectivity index (χ0v) is 13.2. The molecule has 0 aromatic rings. The first kappa shape index (κ1) is 15.3. The molecule has 3 atom stereocenters. The molecule has 2 aliphatic rings. The van der Waals surface area contributed by atoms with Gasteiger partial charge in [0.2, 0.25) is 0 Å². The summed E-state index contributed by atoms with van der Waals surface area (Å²) in [6.07, 6.45) is 12.2. The van der Waals surface area contributed by atoms with Crippen molar-refractivity contribution >= 4 is 9.84 Å². The Hall–Kier alpha value is -0.0900. The molecule has 2 aliphatic carbocycles. The third-order valence-electron chi connectivity index (χ3n) is 5.09. The van der Waals surface area contributed by atoms with Crippen molar-refractivity contribution in [2.45, 2.75) is 82.0 Å². The fourth-order valence-electron chi connectivity index (χ4n) is 4.03. The van der Waals surface area contributed by atoms with Gasteiger partial charge in [-0.2, -0.15) is 0 Å². The van der Waals surface area contributed by atoms with Gasteiger partial charge in [-0.05, 0) is 38.0 Å². The minimum atomic E-state index is -2.90. The van der Waals surface area contributed by atoms with Gasteiger partial charge in [0.1, 0.15) is 0 Å². The normalized spacial score (nSPS) is 31.5. The average Bonchev–Trinajstić information content (AvgIpc) is 2.85. The van der Waals surface area contributed by atoms with Crippen LogP contribution in [-0.2, 0) is 9.84 Å². The maximum Gasteiger partial charge on any atom is 0.151 e. The van der Waals surface area contributed by atoms with Crippen molar-refractivity contribution < 1.29 is 8.42 Å². The first-order valence-electron chi connectivity index (χ1n) is 7.97. The van der Waals surface area contributed by atoms with Gasteiger partial charge in [-0.3, -0.25) is 0 Å². The van der Waals surface area contributed by atoms with Crippen LogP contribution in [0.5, 0.6) is 0 Å². The third-order valence-corrected chi connectivity index (χ3v) is 6.75. The zero-order chi connectivity index (χ0) is 13.9. The van der Waals surface area contributed by atoms with E-state index in [-0.39, 0.29) is 11.3 Å². The summed E-state index contributed by atoms with van der Waals surface area (Å²) in [7, 11) is -2.90. The van der Waals surface area contributed by atoms with Crippen molar-refractivity contribution in [3.05, 3.63) is 0 Å². The van der Waals surface area contributed by atoms with Crippen LogP contribution in [-0.4, -0.2) is 32.0 Å². The molecule has 112 valence electrons. The second-order valence-electron chi connectivity index (χ2n) is 6.48. The molecule has 2 fully saturated rings. The monoisotopic (exact) mass is 287 g/mol. The van der Waals surface area contributed by atoms with Crippen LogP contribution in [0.1, 0.15) is 64.7 Å². The minimum absolute atomic E-state index is 0.148. The molecule has 3 unspecified atom stereocenters. The van der Waals surface area contributed by atoms with E-state index in [0.717, 1.165) is 31.6 Å². The average molecular weight is 287 g/mol. The van der Waals surface area contributed by atoms with Crippen molar-refractivity contribution in [3.8, 4) is 0 Å². The van der Waals surface area contributed by atoms with Crippen LogP contribution in [0.2, 0.25) is 0 Å². The second-order valence-corrected chi connectivity index (χ2v) is 8.75. The lowest BCUT2D eigenvalue weighted by atomic mass is 9.82. The second kappa shape index (κ2) is 6.57. The molecule has 4 heteroatoms. The molecule has 2 rings (SSSR count). The van der Waals surface area contributed by atoms with Crippen molar-refractivity contribution in [3.63, 3.8) is 0 Å². The highest BCUT2D eigenvalue weighted by Crippen LogP contribution is 2.31. The van der Waals surface area contributed by atoms with E-state index in [0.29, 0.717) is 6.04 Å². The van der Waals surface area contributed by atoms with E-state index in [9.17, 15) is 8.42 Å². The molecule has 0 radical (unpaired) electrons. The molecule has 3 nitrogen and oxygen atoms in total. The topological polar surface area (TPSA) is 46.2 Å². The van der Waals surface area contributed by atoms with Gasteiger partial charge in [-0.25, -0.2) is 8.42 Å². The van der Waals surface area contributed by atoms with Gasteiger partial charge < -0.3 is 5.32 Å². The Morgan fingerprint density at radius 1 is 1.05 bits per heavy atom. The van der Waals surface area contributed by atoms with E-state index in [4.69, 9.17) is 0 Å². The Morgan fingerprint density at radius 2 is 1.74 bits per heavy atom. The quantitative estimate of drug-likeness (QED) is 0.845. The van der Waals surface area contributed by atoms with Crippen LogP contribution in [0.25, 0.3) is 0 Å². The Labute approximate surface area is 118 Å². The standard InChI is InChI=1S/C15H29NO2S/c1-3-13(12-8-5-4-6-9-12)16-14-10-7-11-15(14)19(2,17)18/h12-16H,3-11H2,1-2H3. The summed E-state index contributed by atoms with van der Waals surface area (Å²) in [5.74, 6) is 0.763. The summed E-state index contributed by atoms with van der Waals surface area (Å²) in [5.41, 5.74) is 0. The van der Waals surface area contributed by atoms with Gasteiger partial charge in [0, 0.05) is 18.3 Å². The van der Waals surface area contributed by atoms with Gasteiger partial charge in [0.25, 0.3) is 0 Å². The van der Waals surface area contributed by atoms with Crippen molar-refractivity contribution in [1.29, 1.82) is 0 Å². The third kappa shape index (κ3) is 3.94. The smallest absolute Gasteiger partial charge is 0.151 e. The van der Waals surface area contributed by atoms with Gasteiger partial charge in [-0.1, -0.05) is 32.6 Å². The Balaban J connectivity index is 1.97. The van der Waals surface area contributed by atoms with E-state index in [2.05, 4.69) is 12.2 Å². The Kier molecular flexibility index (Phi) is 5.29. The van der Waals surface area contributed by atoms with E-state index >= 15 is 0 Å². The first-order chi connectivity index (χ1) is 9.02. The van der Waals surface area contributed by atoms with Crippen LogP contribution < -0.4 is 5.32 Å². The van der Waals surface area contributed by atoms with Gasteiger partial charge in [0.15, 0.2) is 9.84 Å². The first-order valence-corrected chi connectivity index (χ1v) is 9.92. The Morgan fingerprint density at radius 3 is 2.32 bits per heavy atom. The van der Waals surface area contributed by atoms with Crippen molar-refractivity contribution in [2.75, 3.05) is 6.26 Å². The highest BCUT2D eigenvalue weighted by molar-refractivity contribution is 7.91. The van der Waals surface area contributed by atoms with Crippen LogP contribution >= 0.6 is 0 Å². The lowest BCUT2D eigenvalue weighted by Crippen LogP contribution is -2.48. The fraction of sp³-hybridized carbons (Fsp3) is 1.00. The van der Waals surface area contributed by atoms with E-state index in [1.54, 1.807) is 0 Å². The minimum Gasteiger partial charge on any atom is -0.310 e. The largest absolute Gasteiger partial charge is 0.310 e. The highest BCUT2D eigenvalue weighted by atomic mass is 32.2. The molecule has 0 aromatic carbocycles. The number of hydrogen-bond donors (Lipinski definition) is 1. The summed E-state index contributed by atoms with van der Waals surface area (Å²) in [4.78, 5) is 0. The molecule has 0 amide bonds. The van der Waals surface area contributed by atoms with Crippen molar-refractivity contribution in [1.82, 2.24) is 5.32 Å². The van der Waals surface area contributed by atoms with E-state index in [1.807, 2.05) is 0 Å². The number of sulfone groups is 1. The zero-order valence-electron chi connectivity index (χ0n) is 12.4. The van der Waals surface area contributed by atoms with Crippen LogP contribution in [0.3, 0.4) is 0 Å². The Bertz CT molecular complexity index is 374. The van der Waals surface area contributed by atoms with Crippen molar-refractivity contribution in [2.24, 2.45) is 5.92 Å². The molecule has 1 N–H and O–H groups in total. The summed E-state index contributed by atoms with van der Waals surface area (Å²) in [6, 6.07) is 0.717. The molecular formula is C15H29NO2S. The predicted molar refractivity (Wildman–Crippen MR) is 80.1 cm³/mol. The van der Waals surface area contributed by atoms with Gasteiger partial charge in [-0.15, -0.1) is 0 Å². The lowest BCUT2D eigenvalue weighted by Gasteiger charge is -2.34. The molecule has 0 aromatic heterocycles. The number of rotatable bonds is 5. The number of hydrogen-bond acceptors (Lipinski definition) is 3. The molecule has 0 bridgehead atoms. The van der Waals surface area contributed by atoms with E-state index < -0.39 is 9.84 Å². The molecule has 0 spiro atoms. The molecule has 0 heterocycles. The maximum absolute atomic E-state index is 11.9. The SMILES string of the molecule is CCC(NC1CCCC1S(C)(=O)=O)C1CCCCC1. The summed E-state index contributed by atoms with van der Waals surface area (Å²) in [5, 5.41) is 3.56. The fourth-order valence-corrected chi connectivity index (χ4v) is 5.43. The predicted octanol–water partition coefficient (Wildman–Crippen LogP) is 2.90. The van der Waals surface area contributed by atoms with Gasteiger partial charge >= 0.3 is 0 Å². The number of nitrogens with one attached hydrogen (secondary N) is 1. The van der Waals surface area contributed by atoms with E-state index in [1.165, 1.54) is 38.4 Å². The summed E-state index contributed by atoms with van der Waals surface area (Å²) >= 11 is 0. The molecule has 0 saturated heterocycles. The molecular weight excluding hydrogens is 258 g/mol. The summed E-state index contributed by atoms with van der Waals surface area (Å²) < 4.78 is 23.7. The lowest BCUT2D eigenvalue weighted by molar-refractivity contribution is 0.246. The molecule has 0 aliphatic heterocycles. The summed E-state index contributed by atoms with van der Waals surface area (Å²) in [6.45, 7) is 2.23. The van der Waals surface area contributed by atoms with Crippen LogP contribution in [0.4, 0.5) is 0 Å². The van der Waals surface area contributed by atoms with Crippen LogP contribution in [0.15, 0.2) is 0 Å². The maximum atomic E-state index is 11.9. The molecule has 19 heavy (non-hydrogen) atoms. The van der Waals surface area contributed by atoms with Crippen LogP contribution in [0, 0.1) is 5.92 Å².